The third-order valence-corrected chi connectivity index (χ3v) is 5.41. The van der Waals surface area contributed by atoms with Gasteiger partial charge in [-0.15, -0.1) is 0 Å². The molecule has 1 aliphatic carbocycles. The van der Waals surface area contributed by atoms with Crippen LogP contribution in [0.3, 0.4) is 0 Å². The van der Waals surface area contributed by atoms with Gasteiger partial charge in [0.1, 0.15) is 0 Å². The Labute approximate surface area is 128 Å². The van der Waals surface area contributed by atoms with Gasteiger partial charge < -0.3 is 4.90 Å². The van der Waals surface area contributed by atoms with Crippen LogP contribution in [-0.4, -0.2) is 33.2 Å². The van der Waals surface area contributed by atoms with Crippen LogP contribution in [0, 0.1) is 5.92 Å². The number of nitrogens with one attached hydrogen (secondary N) is 1. The van der Waals surface area contributed by atoms with E-state index >= 15 is 0 Å². The highest BCUT2D eigenvalue weighted by molar-refractivity contribution is 7.89. The van der Waals surface area contributed by atoms with Crippen molar-refractivity contribution in [2.75, 3.05) is 19.8 Å². The lowest BCUT2D eigenvalue weighted by Gasteiger charge is -2.13. The monoisotopic (exact) mass is 310 g/mol. The highest BCUT2D eigenvalue weighted by Crippen LogP contribution is 2.25. The number of hydrogen-bond donors (Lipinski definition) is 1. The second-order valence-corrected chi connectivity index (χ2v) is 8.16. The van der Waals surface area contributed by atoms with Gasteiger partial charge in [-0.25, -0.2) is 13.1 Å². The molecule has 0 atom stereocenters. The quantitative estimate of drug-likeness (QED) is 0.841. The molecule has 0 aliphatic heterocycles. The minimum atomic E-state index is -3.16. The van der Waals surface area contributed by atoms with Gasteiger partial charge in [0.25, 0.3) is 0 Å². The molecule has 0 unspecified atom stereocenters. The van der Waals surface area contributed by atoms with E-state index in [1.54, 1.807) is 0 Å². The summed E-state index contributed by atoms with van der Waals surface area (Å²) in [7, 11) is 0.890. The van der Waals surface area contributed by atoms with Crippen LogP contribution in [0.1, 0.15) is 36.8 Å². The van der Waals surface area contributed by atoms with E-state index in [4.69, 9.17) is 0 Å². The number of nitrogens with zero attached hydrogens (tertiary/aromatic N) is 1. The van der Waals surface area contributed by atoms with Crippen LogP contribution in [0.25, 0.3) is 0 Å². The molecule has 0 spiro atoms. The van der Waals surface area contributed by atoms with Gasteiger partial charge in [-0.1, -0.05) is 37.1 Å². The fourth-order valence-corrected chi connectivity index (χ4v) is 4.40. The molecule has 0 radical (unpaired) electrons. The highest BCUT2D eigenvalue weighted by atomic mass is 32.2. The molecule has 0 saturated heterocycles. The van der Waals surface area contributed by atoms with Gasteiger partial charge in [0.15, 0.2) is 0 Å². The van der Waals surface area contributed by atoms with Crippen LogP contribution in [0.4, 0.5) is 0 Å². The number of hydrogen-bond acceptors (Lipinski definition) is 3. The maximum Gasteiger partial charge on any atom is 0.212 e. The molecule has 0 bridgehead atoms. The van der Waals surface area contributed by atoms with Crippen molar-refractivity contribution in [3.63, 3.8) is 0 Å². The molecule has 1 N–H and O–H groups in total. The first-order valence-corrected chi connectivity index (χ1v) is 9.30. The molecule has 2 rings (SSSR count). The Morgan fingerprint density at radius 3 is 2.52 bits per heavy atom. The molecule has 1 saturated carbocycles. The zero-order valence-electron chi connectivity index (χ0n) is 13.0. The first kappa shape index (κ1) is 16.5. The Bertz CT molecular complexity index is 549. The lowest BCUT2D eigenvalue weighted by atomic mass is 10.1. The average Bonchev–Trinajstić information content (AvgIpc) is 2.88. The molecule has 1 aliphatic rings. The van der Waals surface area contributed by atoms with Crippen molar-refractivity contribution < 1.29 is 8.42 Å². The van der Waals surface area contributed by atoms with Crippen molar-refractivity contribution in [1.29, 1.82) is 0 Å². The van der Waals surface area contributed by atoms with Crippen molar-refractivity contribution in [3.05, 3.63) is 35.4 Å². The number of rotatable bonds is 7. The van der Waals surface area contributed by atoms with E-state index in [0.717, 1.165) is 24.9 Å². The Kier molecular flexibility index (Phi) is 5.79. The summed E-state index contributed by atoms with van der Waals surface area (Å²) >= 11 is 0. The summed E-state index contributed by atoms with van der Waals surface area (Å²) in [6.07, 6.45) is 4.46. The lowest BCUT2D eigenvalue weighted by Crippen LogP contribution is -2.28. The standard InChI is InChI=1S/C16H26N2O2S/c1-18(2)12-16-9-5-8-15(10-16)11-17-21(19,20)13-14-6-3-4-7-14/h5,8-10,14,17H,3-4,6-7,11-13H2,1-2H3. The van der Waals surface area contributed by atoms with Gasteiger partial charge in [-0.2, -0.15) is 0 Å². The minimum absolute atomic E-state index is 0.282. The van der Waals surface area contributed by atoms with Crippen molar-refractivity contribution in [2.45, 2.75) is 38.8 Å². The topological polar surface area (TPSA) is 49.4 Å². The van der Waals surface area contributed by atoms with Crippen molar-refractivity contribution in [2.24, 2.45) is 5.92 Å². The summed E-state index contributed by atoms with van der Waals surface area (Å²) in [5.41, 5.74) is 2.22. The predicted octanol–water partition coefficient (Wildman–Crippen LogP) is 2.36. The molecule has 1 fully saturated rings. The third kappa shape index (κ3) is 5.77. The van der Waals surface area contributed by atoms with E-state index in [1.807, 2.05) is 26.2 Å². The molecule has 21 heavy (non-hydrogen) atoms. The molecule has 4 nitrogen and oxygen atoms in total. The SMILES string of the molecule is CN(C)Cc1cccc(CNS(=O)(=O)CC2CCCC2)c1. The van der Waals surface area contributed by atoms with Gasteiger partial charge in [0.05, 0.1) is 5.75 Å². The molecule has 0 aromatic heterocycles. The van der Waals surface area contributed by atoms with Gasteiger partial charge in [-0.05, 0) is 44.0 Å². The Morgan fingerprint density at radius 2 is 1.86 bits per heavy atom. The van der Waals surface area contributed by atoms with E-state index in [0.29, 0.717) is 12.5 Å². The molecule has 1 aromatic rings. The zero-order chi connectivity index (χ0) is 15.3. The molecular weight excluding hydrogens is 284 g/mol. The Balaban J connectivity index is 1.89. The number of benzene rings is 1. The Hall–Kier alpha value is -0.910. The normalized spacial score (nSPS) is 16.7. The van der Waals surface area contributed by atoms with E-state index < -0.39 is 10.0 Å². The first-order valence-electron chi connectivity index (χ1n) is 7.64. The summed E-state index contributed by atoms with van der Waals surface area (Å²) < 4.78 is 26.9. The predicted molar refractivity (Wildman–Crippen MR) is 86.4 cm³/mol. The largest absolute Gasteiger partial charge is 0.305 e. The molecule has 0 amide bonds. The third-order valence-electron chi connectivity index (χ3n) is 3.92. The maximum absolute atomic E-state index is 12.1. The summed E-state index contributed by atoms with van der Waals surface area (Å²) in [5, 5.41) is 0. The van der Waals surface area contributed by atoms with Crippen molar-refractivity contribution >= 4 is 10.0 Å². The summed E-state index contributed by atoms with van der Waals surface area (Å²) in [6, 6.07) is 8.09. The van der Waals surface area contributed by atoms with Crippen LogP contribution < -0.4 is 4.72 Å². The van der Waals surface area contributed by atoms with Crippen LogP contribution in [0.15, 0.2) is 24.3 Å². The molecule has 118 valence electrons. The van der Waals surface area contributed by atoms with Crippen LogP contribution in [0.2, 0.25) is 0 Å². The minimum Gasteiger partial charge on any atom is -0.305 e. The summed E-state index contributed by atoms with van der Waals surface area (Å²) in [4.78, 5) is 2.10. The maximum atomic E-state index is 12.1. The fourth-order valence-electron chi connectivity index (χ4n) is 2.94. The molecular formula is C16H26N2O2S. The fraction of sp³-hybridized carbons (Fsp3) is 0.625. The van der Waals surface area contributed by atoms with Crippen LogP contribution in [0.5, 0.6) is 0 Å². The summed E-state index contributed by atoms with van der Waals surface area (Å²) in [6.45, 7) is 1.25. The van der Waals surface area contributed by atoms with E-state index in [9.17, 15) is 8.42 Å². The Morgan fingerprint density at radius 1 is 1.19 bits per heavy atom. The van der Waals surface area contributed by atoms with E-state index in [-0.39, 0.29) is 5.75 Å². The first-order chi connectivity index (χ1) is 9.94. The van der Waals surface area contributed by atoms with Gasteiger partial charge in [0.2, 0.25) is 10.0 Å². The van der Waals surface area contributed by atoms with Gasteiger partial charge in [0, 0.05) is 13.1 Å². The molecule has 5 heteroatoms. The summed E-state index contributed by atoms with van der Waals surface area (Å²) in [5.74, 6) is 0.632. The van der Waals surface area contributed by atoms with E-state index in [2.05, 4.69) is 21.8 Å². The second kappa shape index (κ2) is 7.38. The van der Waals surface area contributed by atoms with Gasteiger partial charge >= 0.3 is 0 Å². The highest BCUT2D eigenvalue weighted by Gasteiger charge is 2.22. The van der Waals surface area contributed by atoms with Gasteiger partial charge in [-0.3, -0.25) is 0 Å². The molecule has 0 heterocycles. The lowest BCUT2D eigenvalue weighted by molar-refractivity contribution is 0.402. The molecule has 1 aromatic carbocycles. The van der Waals surface area contributed by atoms with Crippen molar-refractivity contribution in [3.8, 4) is 0 Å². The van der Waals surface area contributed by atoms with Crippen LogP contribution in [-0.2, 0) is 23.1 Å². The van der Waals surface area contributed by atoms with Crippen molar-refractivity contribution in [1.82, 2.24) is 9.62 Å². The average molecular weight is 310 g/mol. The second-order valence-electron chi connectivity index (χ2n) is 6.31. The zero-order valence-corrected chi connectivity index (χ0v) is 13.8. The van der Waals surface area contributed by atoms with Crippen LogP contribution >= 0.6 is 0 Å². The number of sulfonamides is 1. The smallest absolute Gasteiger partial charge is 0.212 e. The van der Waals surface area contributed by atoms with E-state index in [1.165, 1.54) is 18.4 Å².